The van der Waals surface area contributed by atoms with Gasteiger partial charge in [0.05, 0.1) is 5.52 Å². The summed E-state index contributed by atoms with van der Waals surface area (Å²) in [6, 6.07) is 5.44. The zero-order valence-corrected chi connectivity index (χ0v) is 11.9. The maximum absolute atomic E-state index is 13.7. The Hall–Kier alpha value is -1.64. The molecule has 0 unspecified atom stereocenters. The molecule has 2 rings (SSSR count). The van der Waals surface area contributed by atoms with Crippen LogP contribution in [0.4, 0.5) is 10.1 Å². The molecule has 3 heteroatoms. The molecule has 0 spiro atoms. The van der Waals surface area contributed by atoms with E-state index in [0.29, 0.717) is 5.56 Å². The summed E-state index contributed by atoms with van der Waals surface area (Å²) >= 11 is 0. The first-order valence-electron chi connectivity index (χ1n) is 7.00. The SMILES string of the molecule is CCCNc1cc(CCC)nc2c(C)c(F)ccc12. The molecule has 19 heavy (non-hydrogen) atoms. The van der Waals surface area contributed by atoms with Crippen LogP contribution in [0.1, 0.15) is 37.9 Å². The second kappa shape index (κ2) is 6.00. The predicted octanol–water partition coefficient (Wildman–Crippen LogP) is 4.46. The number of aromatic nitrogens is 1. The second-order valence-electron chi connectivity index (χ2n) is 4.91. The van der Waals surface area contributed by atoms with Crippen molar-refractivity contribution < 1.29 is 4.39 Å². The van der Waals surface area contributed by atoms with Crippen molar-refractivity contribution in [3.8, 4) is 0 Å². The Morgan fingerprint density at radius 3 is 2.68 bits per heavy atom. The third-order valence-electron chi connectivity index (χ3n) is 3.29. The van der Waals surface area contributed by atoms with Gasteiger partial charge in [0.2, 0.25) is 0 Å². The van der Waals surface area contributed by atoms with E-state index in [1.165, 1.54) is 6.07 Å². The van der Waals surface area contributed by atoms with E-state index in [2.05, 4.69) is 30.2 Å². The van der Waals surface area contributed by atoms with Crippen molar-refractivity contribution in [1.29, 1.82) is 0 Å². The highest BCUT2D eigenvalue weighted by Crippen LogP contribution is 2.27. The van der Waals surface area contributed by atoms with Gasteiger partial charge in [0, 0.05) is 28.9 Å². The summed E-state index contributed by atoms with van der Waals surface area (Å²) in [4.78, 5) is 4.61. The molecule has 0 radical (unpaired) electrons. The van der Waals surface area contributed by atoms with Crippen LogP contribution < -0.4 is 5.32 Å². The molecule has 0 fully saturated rings. The number of hydrogen-bond acceptors (Lipinski definition) is 2. The number of halogens is 1. The average Bonchev–Trinajstić information content (AvgIpc) is 2.41. The molecule has 1 aromatic carbocycles. The summed E-state index contributed by atoms with van der Waals surface area (Å²) in [5, 5.41) is 4.43. The first-order chi connectivity index (χ1) is 9.17. The second-order valence-corrected chi connectivity index (χ2v) is 4.91. The summed E-state index contributed by atoms with van der Waals surface area (Å²) < 4.78 is 13.7. The standard InChI is InChI=1S/C16H21FN2/c1-4-6-12-10-15(18-9-5-2)13-7-8-14(17)11(3)16(13)19-12/h7-8,10H,4-6,9H2,1-3H3,(H,18,19). The molecule has 0 aliphatic heterocycles. The average molecular weight is 260 g/mol. The lowest BCUT2D eigenvalue weighted by atomic mass is 10.1. The topological polar surface area (TPSA) is 24.9 Å². The van der Waals surface area contributed by atoms with Gasteiger partial charge < -0.3 is 5.32 Å². The van der Waals surface area contributed by atoms with Gasteiger partial charge in [-0.2, -0.15) is 0 Å². The number of benzene rings is 1. The molecule has 1 aromatic heterocycles. The predicted molar refractivity (Wildman–Crippen MR) is 79.2 cm³/mol. The number of nitrogens with one attached hydrogen (secondary N) is 1. The Kier molecular flexibility index (Phi) is 4.35. The smallest absolute Gasteiger partial charge is 0.128 e. The van der Waals surface area contributed by atoms with Gasteiger partial charge in [0.1, 0.15) is 5.82 Å². The number of fused-ring (bicyclic) bond motifs is 1. The quantitative estimate of drug-likeness (QED) is 0.858. The molecular weight excluding hydrogens is 239 g/mol. The molecule has 102 valence electrons. The molecule has 1 N–H and O–H groups in total. The Bertz CT molecular complexity index is 578. The minimum absolute atomic E-state index is 0.185. The van der Waals surface area contributed by atoms with Gasteiger partial charge in [-0.15, -0.1) is 0 Å². The fourth-order valence-corrected chi connectivity index (χ4v) is 2.25. The van der Waals surface area contributed by atoms with Gasteiger partial charge in [-0.3, -0.25) is 4.98 Å². The minimum Gasteiger partial charge on any atom is -0.384 e. The van der Waals surface area contributed by atoms with Gasteiger partial charge in [-0.25, -0.2) is 4.39 Å². The van der Waals surface area contributed by atoms with Gasteiger partial charge in [-0.05, 0) is 38.0 Å². The van der Waals surface area contributed by atoms with Gasteiger partial charge in [-0.1, -0.05) is 20.3 Å². The van der Waals surface area contributed by atoms with E-state index in [1.807, 2.05) is 6.07 Å². The molecule has 0 aliphatic carbocycles. The maximum Gasteiger partial charge on any atom is 0.128 e. The van der Waals surface area contributed by atoms with Crippen molar-refractivity contribution in [2.75, 3.05) is 11.9 Å². The van der Waals surface area contributed by atoms with E-state index in [0.717, 1.165) is 48.1 Å². The number of nitrogens with zero attached hydrogens (tertiary/aromatic N) is 1. The molecule has 0 aliphatic rings. The van der Waals surface area contributed by atoms with E-state index in [9.17, 15) is 4.39 Å². The first kappa shape index (κ1) is 13.8. The third-order valence-corrected chi connectivity index (χ3v) is 3.29. The summed E-state index contributed by atoms with van der Waals surface area (Å²) in [5.41, 5.74) is 3.51. The highest BCUT2D eigenvalue weighted by molar-refractivity contribution is 5.93. The normalized spacial score (nSPS) is 10.9. The van der Waals surface area contributed by atoms with Gasteiger partial charge in [0.15, 0.2) is 0 Å². The van der Waals surface area contributed by atoms with Crippen LogP contribution in [-0.4, -0.2) is 11.5 Å². The molecule has 0 amide bonds. The zero-order chi connectivity index (χ0) is 13.8. The molecular formula is C16H21FN2. The number of pyridine rings is 1. The molecule has 2 aromatic rings. The van der Waals surface area contributed by atoms with Crippen molar-refractivity contribution >= 4 is 16.6 Å². The van der Waals surface area contributed by atoms with Crippen LogP contribution in [-0.2, 0) is 6.42 Å². The van der Waals surface area contributed by atoms with Crippen LogP contribution in [0.2, 0.25) is 0 Å². The molecule has 0 bridgehead atoms. The zero-order valence-electron chi connectivity index (χ0n) is 11.9. The third kappa shape index (κ3) is 2.86. The monoisotopic (exact) mass is 260 g/mol. The Balaban J connectivity index is 2.60. The van der Waals surface area contributed by atoms with Crippen LogP contribution in [0.15, 0.2) is 18.2 Å². The number of aryl methyl sites for hydroxylation is 2. The van der Waals surface area contributed by atoms with Crippen molar-refractivity contribution in [2.45, 2.75) is 40.0 Å². The van der Waals surface area contributed by atoms with Crippen molar-refractivity contribution in [2.24, 2.45) is 0 Å². The van der Waals surface area contributed by atoms with Crippen molar-refractivity contribution in [3.63, 3.8) is 0 Å². The highest BCUT2D eigenvalue weighted by atomic mass is 19.1. The Morgan fingerprint density at radius 2 is 2.00 bits per heavy atom. The Morgan fingerprint density at radius 1 is 1.21 bits per heavy atom. The first-order valence-corrected chi connectivity index (χ1v) is 7.00. The van der Waals surface area contributed by atoms with Crippen LogP contribution in [0.5, 0.6) is 0 Å². The summed E-state index contributed by atoms with van der Waals surface area (Å²) in [5.74, 6) is -0.185. The van der Waals surface area contributed by atoms with Gasteiger partial charge >= 0.3 is 0 Å². The lowest BCUT2D eigenvalue weighted by Crippen LogP contribution is -2.03. The lowest BCUT2D eigenvalue weighted by molar-refractivity contribution is 0.620. The highest BCUT2D eigenvalue weighted by Gasteiger charge is 2.10. The van der Waals surface area contributed by atoms with Crippen LogP contribution in [0, 0.1) is 12.7 Å². The number of hydrogen-bond donors (Lipinski definition) is 1. The number of rotatable bonds is 5. The molecule has 0 saturated heterocycles. The van der Waals surface area contributed by atoms with Gasteiger partial charge in [0.25, 0.3) is 0 Å². The van der Waals surface area contributed by atoms with E-state index < -0.39 is 0 Å². The lowest BCUT2D eigenvalue weighted by Gasteiger charge is -2.13. The van der Waals surface area contributed by atoms with E-state index in [1.54, 1.807) is 6.92 Å². The number of anilines is 1. The van der Waals surface area contributed by atoms with Crippen LogP contribution >= 0.6 is 0 Å². The van der Waals surface area contributed by atoms with Crippen molar-refractivity contribution in [3.05, 3.63) is 35.3 Å². The molecule has 0 atom stereocenters. The molecule has 0 saturated carbocycles. The Labute approximate surface area is 114 Å². The van der Waals surface area contributed by atoms with E-state index in [4.69, 9.17) is 0 Å². The fourth-order valence-electron chi connectivity index (χ4n) is 2.25. The van der Waals surface area contributed by atoms with E-state index in [-0.39, 0.29) is 5.82 Å². The summed E-state index contributed by atoms with van der Waals surface area (Å²) in [6.07, 6.45) is 3.03. The summed E-state index contributed by atoms with van der Waals surface area (Å²) in [7, 11) is 0. The molecule has 2 nitrogen and oxygen atoms in total. The van der Waals surface area contributed by atoms with Crippen molar-refractivity contribution in [1.82, 2.24) is 4.98 Å². The molecule has 1 heterocycles. The van der Waals surface area contributed by atoms with Crippen LogP contribution in [0.25, 0.3) is 10.9 Å². The maximum atomic E-state index is 13.7. The van der Waals surface area contributed by atoms with E-state index >= 15 is 0 Å². The van der Waals surface area contributed by atoms with Crippen LogP contribution in [0.3, 0.4) is 0 Å². The fraction of sp³-hybridized carbons (Fsp3) is 0.438. The summed E-state index contributed by atoms with van der Waals surface area (Å²) in [6.45, 7) is 6.98. The minimum atomic E-state index is -0.185. The largest absolute Gasteiger partial charge is 0.384 e.